The van der Waals surface area contributed by atoms with Gasteiger partial charge in [-0.2, -0.15) is 11.8 Å². The highest BCUT2D eigenvalue weighted by atomic mass is 32.2. The standard InChI is InChI=1S/C13H17FN2O2S/c14-11-6-9(5-10(7-11)13(15)16-17)8-19-12-1-3-18-4-2-12/h5-7,12,17H,1-4,8H2,(H2,15,16). The first-order chi connectivity index (χ1) is 9.19. The van der Waals surface area contributed by atoms with Gasteiger partial charge in [0.15, 0.2) is 5.84 Å². The molecule has 2 rings (SSSR count). The minimum Gasteiger partial charge on any atom is -0.409 e. The Labute approximate surface area is 115 Å². The molecule has 3 N–H and O–H groups in total. The van der Waals surface area contributed by atoms with Gasteiger partial charge in [0.1, 0.15) is 5.82 Å². The fourth-order valence-corrected chi connectivity index (χ4v) is 3.12. The Balaban J connectivity index is 2.01. The van der Waals surface area contributed by atoms with Crippen LogP contribution in [0.3, 0.4) is 0 Å². The van der Waals surface area contributed by atoms with Crippen LogP contribution in [0, 0.1) is 5.82 Å². The molecular formula is C13H17FN2O2S. The molecule has 6 heteroatoms. The molecule has 4 nitrogen and oxygen atoms in total. The summed E-state index contributed by atoms with van der Waals surface area (Å²) in [4.78, 5) is 0. The lowest BCUT2D eigenvalue weighted by molar-refractivity contribution is 0.1000. The first kappa shape index (κ1) is 14.1. The summed E-state index contributed by atoms with van der Waals surface area (Å²) in [5, 5.41) is 12.1. The predicted molar refractivity (Wildman–Crippen MR) is 74.0 cm³/mol. The second-order valence-electron chi connectivity index (χ2n) is 4.46. The third-order valence-electron chi connectivity index (χ3n) is 3.02. The van der Waals surface area contributed by atoms with Crippen molar-refractivity contribution >= 4 is 17.6 Å². The van der Waals surface area contributed by atoms with Crippen LogP contribution in [0.1, 0.15) is 24.0 Å². The third kappa shape index (κ3) is 4.11. The van der Waals surface area contributed by atoms with E-state index in [0.29, 0.717) is 16.6 Å². The van der Waals surface area contributed by atoms with Crippen LogP contribution in [0.25, 0.3) is 0 Å². The number of thioether (sulfide) groups is 1. The van der Waals surface area contributed by atoms with Gasteiger partial charge in [-0.1, -0.05) is 5.16 Å². The molecule has 1 aromatic rings. The van der Waals surface area contributed by atoms with Gasteiger partial charge in [0.25, 0.3) is 0 Å². The van der Waals surface area contributed by atoms with Crippen molar-refractivity contribution in [2.45, 2.75) is 23.8 Å². The van der Waals surface area contributed by atoms with Crippen LogP contribution < -0.4 is 5.73 Å². The molecule has 1 aliphatic heterocycles. The molecule has 0 amide bonds. The second kappa shape index (κ2) is 6.77. The molecule has 0 unspecified atom stereocenters. The topological polar surface area (TPSA) is 67.8 Å². The van der Waals surface area contributed by atoms with Crippen LogP contribution in [0.15, 0.2) is 23.4 Å². The number of hydrogen-bond donors (Lipinski definition) is 2. The van der Waals surface area contributed by atoms with Crippen LogP contribution in [0.2, 0.25) is 0 Å². The first-order valence-electron chi connectivity index (χ1n) is 6.16. The number of benzene rings is 1. The molecule has 0 aromatic heterocycles. The molecule has 0 aliphatic carbocycles. The molecule has 104 valence electrons. The maximum Gasteiger partial charge on any atom is 0.170 e. The van der Waals surface area contributed by atoms with E-state index in [1.165, 1.54) is 12.1 Å². The Hall–Kier alpha value is -1.27. The molecule has 1 aliphatic rings. The quantitative estimate of drug-likeness (QED) is 0.385. The van der Waals surface area contributed by atoms with E-state index in [4.69, 9.17) is 15.7 Å². The molecule has 1 heterocycles. The van der Waals surface area contributed by atoms with Crippen molar-refractivity contribution in [3.8, 4) is 0 Å². The second-order valence-corrected chi connectivity index (χ2v) is 5.74. The van der Waals surface area contributed by atoms with Gasteiger partial charge in [-0.3, -0.25) is 0 Å². The first-order valence-corrected chi connectivity index (χ1v) is 7.20. The highest BCUT2D eigenvalue weighted by Crippen LogP contribution is 2.26. The van der Waals surface area contributed by atoms with Crippen molar-refractivity contribution in [1.82, 2.24) is 0 Å². The molecule has 0 saturated carbocycles. The average molecular weight is 284 g/mol. The van der Waals surface area contributed by atoms with Crippen molar-refractivity contribution in [2.75, 3.05) is 13.2 Å². The average Bonchev–Trinajstić information content (AvgIpc) is 2.45. The summed E-state index contributed by atoms with van der Waals surface area (Å²) < 4.78 is 18.8. The zero-order valence-electron chi connectivity index (χ0n) is 10.5. The predicted octanol–water partition coefficient (Wildman–Crippen LogP) is 2.33. The van der Waals surface area contributed by atoms with Crippen LogP contribution in [-0.4, -0.2) is 29.5 Å². The molecule has 1 aromatic carbocycles. The van der Waals surface area contributed by atoms with Crippen LogP contribution >= 0.6 is 11.8 Å². The highest BCUT2D eigenvalue weighted by Gasteiger charge is 2.14. The van der Waals surface area contributed by atoms with E-state index in [2.05, 4.69) is 5.16 Å². The van der Waals surface area contributed by atoms with E-state index >= 15 is 0 Å². The van der Waals surface area contributed by atoms with E-state index in [1.807, 2.05) is 0 Å². The Morgan fingerprint density at radius 1 is 1.42 bits per heavy atom. The van der Waals surface area contributed by atoms with Crippen molar-refractivity contribution in [1.29, 1.82) is 0 Å². The Bertz CT molecular complexity index is 462. The number of ether oxygens (including phenoxy) is 1. The Kier molecular flexibility index (Phi) is 5.04. The number of oxime groups is 1. The van der Waals surface area contributed by atoms with Gasteiger partial charge in [0.05, 0.1) is 0 Å². The van der Waals surface area contributed by atoms with E-state index in [-0.39, 0.29) is 11.7 Å². The number of nitrogens with zero attached hydrogens (tertiary/aromatic N) is 1. The number of nitrogens with two attached hydrogens (primary N) is 1. The number of hydrogen-bond acceptors (Lipinski definition) is 4. The van der Waals surface area contributed by atoms with E-state index in [1.54, 1.807) is 17.8 Å². The van der Waals surface area contributed by atoms with Gasteiger partial charge in [-0.25, -0.2) is 4.39 Å². The van der Waals surface area contributed by atoms with Crippen LogP contribution in [0.4, 0.5) is 4.39 Å². The summed E-state index contributed by atoms with van der Waals surface area (Å²) >= 11 is 1.80. The lowest BCUT2D eigenvalue weighted by Gasteiger charge is -2.21. The summed E-state index contributed by atoms with van der Waals surface area (Å²) in [6.45, 7) is 1.60. The summed E-state index contributed by atoms with van der Waals surface area (Å²) in [5.74, 6) is 0.275. The fourth-order valence-electron chi connectivity index (χ4n) is 2.00. The number of halogens is 1. The van der Waals surface area contributed by atoms with Gasteiger partial charge >= 0.3 is 0 Å². The number of amidine groups is 1. The van der Waals surface area contributed by atoms with Crippen LogP contribution in [0.5, 0.6) is 0 Å². The molecule has 0 spiro atoms. The van der Waals surface area contributed by atoms with Gasteiger partial charge in [-0.15, -0.1) is 0 Å². The van der Waals surface area contributed by atoms with Crippen molar-refractivity contribution in [3.05, 3.63) is 35.1 Å². The zero-order chi connectivity index (χ0) is 13.7. The van der Waals surface area contributed by atoms with Gasteiger partial charge in [-0.05, 0) is 36.6 Å². The summed E-state index contributed by atoms with van der Waals surface area (Å²) in [6.07, 6.45) is 2.07. The summed E-state index contributed by atoms with van der Waals surface area (Å²) in [7, 11) is 0. The van der Waals surface area contributed by atoms with Gasteiger partial charge in [0.2, 0.25) is 0 Å². The SMILES string of the molecule is N/C(=N/O)c1cc(F)cc(CSC2CCOCC2)c1. The van der Waals surface area contributed by atoms with Crippen molar-refractivity contribution in [3.63, 3.8) is 0 Å². The van der Waals surface area contributed by atoms with E-state index in [9.17, 15) is 4.39 Å². The molecule has 19 heavy (non-hydrogen) atoms. The summed E-state index contributed by atoms with van der Waals surface area (Å²) in [6, 6.07) is 4.50. The lowest BCUT2D eigenvalue weighted by atomic mass is 10.1. The van der Waals surface area contributed by atoms with Crippen molar-refractivity contribution < 1.29 is 14.3 Å². The number of rotatable bonds is 4. The molecular weight excluding hydrogens is 267 g/mol. The minimum atomic E-state index is -0.369. The smallest absolute Gasteiger partial charge is 0.170 e. The Morgan fingerprint density at radius 2 is 2.16 bits per heavy atom. The summed E-state index contributed by atoms with van der Waals surface area (Å²) in [5.41, 5.74) is 6.73. The fraction of sp³-hybridized carbons (Fsp3) is 0.462. The van der Waals surface area contributed by atoms with E-state index < -0.39 is 0 Å². The van der Waals surface area contributed by atoms with Gasteiger partial charge in [0, 0.05) is 29.8 Å². The lowest BCUT2D eigenvalue weighted by Crippen LogP contribution is -2.17. The van der Waals surface area contributed by atoms with Gasteiger partial charge < -0.3 is 15.7 Å². The Morgan fingerprint density at radius 3 is 2.84 bits per heavy atom. The molecule has 0 radical (unpaired) electrons. The monoisotopic (exact) mass is 284 g/mol. The van der Waals surface area contributed by atoms with E-state index in [0.717, 1.165) is 31.6 Å². The molecule has 1 fully saturated rings. The van der Waals surface area contributed by atoms with Crippen molar-refractivity contribution in [2.24, 2.45) is 10.9 Å². The highest BCUT2D eigenvalue weighted by molar-refractivity contribution is 7.99. The zero-order valence-corrected chi connectivity index (χ0v) is 11.3. The molecule has 1 saturated heterocycles. The third-order valence-corrected chi connectivity index (χ3v) is 4.46. The molecule has 0 atom stereocenters. The maximum atomic E-state index is 13.5. The minimum absolute atomic E-state index is 0.0724. The van der Waals surface area contributed by atoms with Crippen LogP contribution in [-0.2, 0) is 10.5 Å². The largest absolute Gasteiger partial charge is 0.409 e. The maximum absolute atomic E-state index is 13.5. The molecule has 0 bridgehead atoms. The normalized spacial score (nSPS) is 17.6.